The van der Waals surface area contributed by atoms with E-state index in [9.17, 15) is 4.79 Å². The highest BCUT2D eigenvalue weighted by molar-refractivity contribution is 6.30. The van der Waals surface area contributed by atoms with Gasteiger partial charge in [0.05, 0.1) is 6.61 Å². The minimum Gasteiger partial charge on any atom is -0.490 e. The van der Waals surface area contributed by atoms with Crippen molar-refractivity contribution in [1.29, 1.82) is 0 Å². The van der Waals surface area contributed by atoms with Crippen LogP contribution in [0.1, 0.15) is 13.8 Å². The van der Waals surface area contributed by atoms with Crippen molar-refractivity contribution in [2.24, 2.45) is 0 Å². The fraction of sp³-hybridized carbons (Fsp3) is 0.235. The number of carbonyl (C=O) groups excluding carboxylic acids is 1. The maximum atomic E-state index is 12.2. The highest BCUT2D eigenvalue weighted by Gasteiger charge is 2.16. The van der Waals surface area contributed by atoms with Gasteiger partial charge in [0, 0.05) is 10.7 Å². The molecule has 116 valence electrons. The molecule has 0 bridgehead atoms. The summed E-state index contributed by atoms with van der Waals surface area (Å²) in [6.45, 7) is 4.12. The fourth-order valence-electron chi connectivity index (χ4n) is 1.84. The Hall–Kier alpha value is -2.20. The first kappa shape index (κ1) is 16.2. The Bertz CT molecular complexity index is 628. The van der Waals surface area contributed by atoms with E-state index in [0.717, 1.165) is 0 Å². The van der Waals surface area contributed by atoms with Gasteiger partial charge in [0.2, 0.25) is 0 Å². The lowest BCUT2D eigenvalue weighted by molar-refractivity contribution is -0.122. The number of anilines is 1. The number of ether oxygens (including phenoxy) is 2. The van der Waals surface area contributed by atoms with Crippen LogP contribution in [0.3, 0.4) is 0 Å². The second-order valence-corrected chi connectivity index (χ2v) is 5.07. The summed E-state index contributed by atoms with van der Waals surface area (Å²) in [5, 5.41) is 3.40. The first-order valence-electron chi connectivity index (χ1n) is 7.05. The van der Waals surface area contributed by atoms with Gasteiger partial charge in [-0.15, -0.1) is 0 Å². The van der Waals surface area contributed by atoms with Gasteiger partial charge in [-0.2, -0.15) is 0 Å². The molecule has 5 heteroatoms. The van der Waals surface area contributed by atoms with Crippen LogP contribution in [0.2, 0.25) is 5.02 Å². The molecule has 1 amide bonds. The van der Waals surface area contributed by atoms with E-state index in [1.807, 2.05) is 25.1 Å². The van der Waals surface area contributed by atoms with Crippen LogP contribution >= 0.6 is 11.6 Å². The van der Waals surface area contributed by atoms with Crippen LogP contribution in [0, 0.1) is 0 Å². The van der Waals surface area contributed by atoms with Gasteiger partial charge in [0.25, 0.3) is 5.91 Å². The van der Waals surface area contributed by atoms with Crippen LogP contribution < -0.4 is 14.8 Å². The van der Waals surface area contributed by atoms with Crippen molar-refractivity contribution in [2.75, 3.05) is 11.9 Å². The molecule has 22 heavy (non-hydrogen) atoms. The van der Waals surface area contributed by atoms with E-state index in [1.54, 1.807) is 37.3 Å². The molecule has 0 aliphatic carbocycles. The molecular weight excluding hydrogens is 302 g/mol. The number of hydrogen-bond acceptors (Lipinski definition) is 3. The Morgan fingerprint density at radius 1 is 1.14 bits per heavy atom. The Balaban J connectivity index is 2.00. The zero-order valence-corrected chi connectivity index (χ0v) is 13.3. The van der Waals surface area contributed by atoms with E-state index in [0.29, 0.717) is 28.8 Å². The molecule has 2 rings (SSSR count). The van der Waals surface area contributed by atoms with Crippen molar-refractivity contribution in [2.45, 2.75) is 20.0 Å². The molecule has 0 heterocycles. The summed E-state index contributed by atoms with van der Waals surface area (Å²) >= 11 is 5.81. The summed E-state index contributed by atoms with van der Waals surface area (Å²) in [6, 6.07) is 14.2. The maximum Gasteiger partial charge on any atom is 0.265 e. The first-order chi connectivity index (χ1) is 10.6. The molecular formula is C17H18ClNO3. The van der Waals surface area contributed by atoms with Crippen LogP contribution in [-0.4, -0.2) is 18.6 Å². The third-order valence-corrected chi connectivity index (χ3v) is 3.19. The van der Waals surface area contributed by atoms with Gasteiger partial charge < -0.3 is 14.8 Å². The first-order valence-corrected chi connectivity index (χ1v) is 7.43. The Labute approximate surface area is 135 Å². The van der Waals surface area contributed by atoms with E-state index in [4.69, 9.17) is 21.1 Å². The third kappa shape index (κ3) is 4.40. The standard InChI is InChI=1S/C17H18ClNO3/c1-3-21-15-6-4-5-7-16(15)22-12(2)17(20)19-14-10-8-13(18)9-11-14/h4-12H,3H2,1-2H3,(H,19,20)/t12-/m1/s1. The number of hydrogen-bond donors (Lipinski definition) is 1. The van der Waals surface area contributed by atoms with Gasteiger partial charge in [0.1, 0.15) is 0 Å². The largest absolute Gasteiger partial charge is 0.490 e. The summed E-state index contributed by atoms with van der Waals surface area (Å²) in [6.07, 6.45) is -0.655. The Morgan fingerprint density at radius 2 is 1.77 bits per heavy atom. The summed E-state index contributed by atoms with van der Waals surface area (Å²) in [4.78, 5) is 12.2. The van der Waals surface area contributed by atoms with Crippen molar-refractivity contribution in [3.63, 3.8) is 0 Å². The molecule has 2 aromatic carbocycles. The Morgan fingerprint density at radius 3 is 2.41 bits per heavy atom. The van der Waals surface area contributed by atoms with Crippen molar-refractivity contribution in [3.05, 3.63) is 53.6 Å². The number of benzene rings is 2. The van der Waals surface area contributed by atoms with E-state index in [2.05, 4.69) is 5.32 Å². The van der Waals surface area contributed by atoms with Gasteiger partial charge in [-0.1, -0.05) is 23.7 Å². The van der Waals surface area contributed by atoms with Crippen LogP contribution in [0.5, 0.6) is 11.5 Å². The van der Waals surface area contributed by atoms with Crippen LogP contribution in [0.4, 0.5) is 5.69 Å². The van der Waals surface area contributed by atoms with Crippen molar-refractivity contribution in [1.82, 2.24) is 0 Å². The predicted molar refractivity (Wildman–Crippen MR) is 87.8 cm³/mol. The molecule has 2 aromatic rings. The molecule has 0 aliphatic rings. The minimum absolute atomic E-state index is 0.242. The molecule has 0 spiro atoms. The third-order valence-electron chi connectivity index (χ3n) is 2.93. The molecule has 0 radical (unpaired) electrons. The number of halogens is 1. The van der Waals surface area contributed by atoms with E-state index in [-0.39, 0.29) is 5.91 Å². The van der Waals surface area contributed by atoms with Gasteiger partial charge in [-0.05, 0) is 50.2 Å². The minimum atomic E-state index is -0.655. The highest BCUT2D eigenvalue weighted by atomic mass is 35.5. The number of rotatable bonds is 6. The molecule has 0 aliphatic heterocycles. The lowest BCUT2D eigenvalue weighted by atomic mass is 10.3. The zero-order valence-electron chi connectivity index (χ0n) is 12.5. The van der Waals surface area contributed by atoms with Gasteiger partial charge in [-0.25, -0.2) is 0 Å². The molecule has 0 unspecified atom stereocenters. The monoisotopic (exact) mass is 319 g/mol. The van der Waals surface area contributed by atoms with Gasteiger partial charge in [-0.3, -0.25) is 4.79 Å². The maximum absolute atomic E-state index is 12.2. The van der Waals surface area contributed by atoms with Crippen LogP contribution in [-0.2, 0) is 4.79 Å². The average Bonchev–Trinajstić information content (AvgIpc) is 2.51. The normalized spacial score (nSPS) is 11.6. The summed E-state index contributed by atoms with van der Waals surface area (Å²) in [5.41, 5.74) is 0.669. The van der Waals surface area contributed by atoms with Crippen molar-refractivity contribution in [3.8, 4) is 11.5 Å². The van der Waals surface area contributed by atoms with E-state index < -0.39 is 6.10 Å². The quantitative estimate of drug-likeness (QED) is 0.870. The lowest BCUT2D eigenvalue weighted by Gasteiger charge is -2.17. The van der Waals surface area contributed by atoms with Crippen LogP contribution in [0.25, 0.3) is 0 Å². The number of amides is 1. The molecule has 1 atom stereocenters. The topological polar surface area (TPSA) is 47.6 Å². The molecule has 0 saturated heterocycles. The predicted octanol–water partition coefficient (Wildman–Crippen LogP) is 4.14. The second-order valence-electron chi connectivity index (χ2n) is 4.64. The molecule has 0 fully saturated rings. The number of para-hydroxylation sites is 2. The van der Waals surface area contributed by atoms with Gasteiger partial charge in [0.15, 0.2) is 17.6 Å². The molecule has 4 nitrogen and oxygen atoms in total. The lowest BCUT2D eigenvalue weighted by Crippen LogP contribution is -2.30. The number of nitrogens with one attached hydrogen (secondary N) is 1. The second kappa shape index (κ2) is 7.71. The van der Waals surface area contributed by atoms with Crippen molar-refractivity contribution >= 4 is 23.2 Å². The smallest absolute Gasteiger partial charge is 0.265 e. The molecule has 0 saturated carbocycles. The van der Waals surface area contributed by atoms with Crippen molar-refractivity contribution < 1.29 is 14.3 Å². The van der Waals surface area contributed by atoms with Crippen LogP contribution in [0.15, 0.2) is 48.5 Å². The fourth-order valence-corrected chi connectivity index (χ4v) is 1.97. The molecule has 0 aromatic heterocycles. The highest BCUT2D eigenvalue weighted by Crippen LogP contribution is 2.27. The zero-order chi connectivity index (χ0) is 15.9. The summed E-state index contributed by atoms with van der Waals surface area (Å²) in [5.74, 6) is 0.924. The Kier molecular flexibility index (Phi) is 5.67. The summed E-state index contributed by atoms with van der Waals surface area (Å²) < 4.78 is 11.2. The van der Waals surface area contributed by atoms with E-state index >= 15 is 0 Å². The SMILES string of the molecule is CCOc1ccccc1O[C@H](C)C(=O)Nc1ccc(Cl)cc1. The van der Waals surface area contributed by atoms with E-state index in [1.165, 1.54) is 0 Å². The number of carbonyl (C=O) groups is 1. The average molecular weight is 320 g/mol. The van der Waals surface area contributed by atoms with Gasteiger partial charge >= 0.3 is 0 Å². The summed E-state index contributed by atoms with van der Waals surface area (Å²) in [7, 11) is 0. The molecule has 1 N–H and O–H groups in total.